The molecular weight excluding hydrogens is 256 g/mol. The number of rotatable bonds is 1. The summed E-state index contributed by atoms with van der Waals surface area (Å²) in [6.45, 7) is 6.87. The Kier molecular flexibility index (Phi) is 3.53. The molecule has 0 fully saturated rings. The zero-order chi connectivity index (χ0) is 14.9. The SMILES string of the molecule is CC(=O)n1ccc2cccc(NC(=O)OC(C)(C)C)c21. The number of amides is 1. The number of para-hydroxylation sites is 1. The number of nitrogens with zero attached hydrogens (tertiary/aromatic N) is 1. The molecule has 0 spiro atoms. The molecule has 1 amide bonds. The Bertz CT molecular complexity index is 665. The van der Waals surface area contributed by atoms with Crippen LogP contribution in [0.2, 0.25) is 0 Å². The summed E-state index contributed by atoms with van der Waals surface area (Å²) < 4.78 is 6.73. The maximum atomic E-state index is 11.8. The van der Waals surface area contributed by atoms with E-state index in [9.17, 15) is 9.59 Å². The van der Waals surface area contributed by atoms with Crippen molar-refractivity contribution in [1.29, 1.82) is 0 Å². The molecule has 106 valence electrons. The quantitative estimate of drug-likeness (QED) is 0.863. The Balaban J connectivity index is 2.37. The van der Waals surface area contributed by atoms with Crippen LogP contribution >= 0.6 is 0 Å². The third-order valence-electron chi connectivity index (χ3n) is 2.69. The Hall–Kier alpha value is -2.30. The number of benzene rings is 1. The highest BCUT2D eigenvalue weighted by molar-refractivity contribution is 6.02. The van der Waals surface area contributed by atoms with Crippen LogP contribution in [0.5, 0.6) is 0 Å². The van der Waals surface area contributed by atoms with Crippen LogP contribution in [-0.4, -0.2) is 22.2 Å². The van der Waals surface area contributed by atoms with Crippen molar-refractivity contribution in [3.05, 3.63) is 30.5 Å². The predicted octanol–water partition coefficient (Wildman–Crippen LogP) is 3.65. The predicted molar refractivity (Wildman–Crippen MR) is 78.1 cm³/mol. The lowest BCUT2D eigenvalue weighted by molar-refractivity contribution is 0.0635. The van der Waals surface area contributed by atoms with E-state index in [1.807, 2.05) is 18.2 Å². The van der Waals surface area contributed by atoms with Crippen LogP contribution in [0.3, 0.4) is 0 Å². The van der Waals surface area contributed by atoms with Crippen molar-refractivity contribution >= 4 is 28.6 Å². The molecule has 0 bridgehead atoms. The van der Waals surface area contributed by atoms with E-state index in [1.165, 1.54) is 11.5 Å². The van der Waals surface area contributed by atoms with E-state index >= 15 is 0 Å². The van der Waals surface area contributed by atoms with E-state index in [2.05, 4.69) is 5.32 Å². The summed E-state index contributed by atoms with van der Waals surface area (Å²) in [4.78, 5) is 23.5. The number of anilines is 1. The van der Waals surface area contributed by atoms with E-state index in [1.54, 1.807) is 33.0 Å². The second kappa shape index (κ2) is 5.00. The Morgan fingerprint density at radius 3 is 2.50 bits per heavy atom. The first-order valence-electron chi connectivity index (χ1n) is 6.39. The minimum atomic E-state index is -0.569. The number of ether oxygens (including phenoxy) is 1. The highest BCUT2D eigenvalue weighted by atomic mass is 16.6. The van der Waals surface area contributed by atoms with Crippen molar-refractivity contribution in [2.24, 2.45) is 0 Å². The number of nitrogens with one attached hydrogen (secondary N) is 1. The monoisotopic (exact) mass is 274 g/mol. The fourth-order valence-electron chi connectivity index (χ4n) is 1.97. The van der Waals surface area contributed by atoms with Gasteiger partial charge in [0.1, 0.15) is 5.60 Å². The second-order valence-corrected chi connectivity index (χ2v) is 5.58. The number of hydrogen-bond donors (Lipinski definition) is 1. The van der Waals surface area contributed by atoms with Crippen molar-refractivity contribution in [3.63, 3.8) is 0 Å². The van der Waals surface area contributed by atoms with Gasteiger partial charge in [-0.2, -0.15) is 0 Å². The molecule has 0 radical (unpaired) electrons. The molecule has 0 unspecified atom stereocenters. The number of fused-ring (bicyclic) bond motifs is 1. The zero-order valence-corrected chi connectivity index (χ0v) is 12.1. The van der Waals surface area contributed by atoms with Crippen molar-refractivity contribution in [2.45, 2.75) is 33.3 Å². The van der Waals surface area contributed by atoms with Crippen LogP contribution in [-0.2, 0) is 4.74 Å². The number of carbonyl (C=O) groups excluding carboxylic acids is 2. The van der Waals surface area contributed by atoms with E-state index in [0.29, 0.717) is 11.2 Å². The summed E-state index contributed by atoms with van der Waals surface area (Å²) in [7, 11) is 0. The standard InChI is InChI=1S/C15H18N2O3/c1-10(18)17-9-8-11-6-5-7-12(13(11)17)16-14(19)20-15(2,3)4/h5-9H,1-4H3,(H,16,19). The summed E-state index contributed by atoms with van der Waals surface area (Å²) in [6.07, 6.45) is 1.15. The van der Waals surface area contributed by atoms with E-state index in [-0.39, 0.29) is 5.91 Å². The van der Waals surface area contributed by atoms with Gasteiger partial charge in [0.05, 0.1) is 11.2 Å². The van der Waals surface area contributed by atoms with Crippen molar-refractivity contribution in [2.75, 3.05) is 5.32 Å². The third kappa shape index (κ3) is 2.99. The second-order valence-electron chi connectivity index (χ2n) is 5.58. The lowest BCUT2D eigenvalue weighted by Crippen LogP contribution is -2.27. The summed E-state index contributed by atoms with van der Waals surface area (Å²) in [6, 6.07) is 7.28. The van der Waals surface area contributed by atoms with Gasteiger partial charge < -0.3 is 4.74 Å². The molecule has 1 N–H and O–H groups in total. The molecule has 0 aliphatic carbocycles. The largest absolute Gasteiger partial charge is 0.444 e. The molecule has 20 heavy (non-hydrogen) atoms. The van der Waals surface area contributed by atoms with Crippen molar-refractivity contribution in [1.82, 2.24) is 4.57 Å². The smallest absolute Gasteiger partial charge is 0.412 e. The third-order valence-corrected chi connectivity index (χ3v) is 2.69. The molecule has 0 saturated carbocycles. The fourth-order valence-corrected chi connectivity index (χ4v) is 1.97. The first-order chi connectivity index (χ1) is 9.28. The molecule has 0 atom stereocenters. The summed E-state index contributed by atoms with van der Waals surface area (Å²) in [5, 5.41) is 3.57. The molecule has 0 saturated heterocycles. The normalized spacial score (nSPS) is 11.4. The molecule has 0 aliphatic rings. The summed E-state index contributed by atoms with van der Waals surface area (Å²) in [5.41, 5.74) is 0.656. The maximum absolute atomic E-state index is 11.8. The summed E-state index contributed by atoms with van der Waals surface area (Å²) in [5.74, 6) is -0.113. The highest BCUT2D eigenvalue weighted by Crippen LogP contribution is 2.25. The van der Waals surface area contributed by atoms with Gasteiger partial charge in [-0.05, 0) is 32.9 Å². The Labute approximate surface area is 117 Å². The minimum Gasteiger partial charge on any atom is -0.444 e. The molecule has 2 aromatic rings. The topological polar surface area (TPSA) is 60.3 Å². The highest BCUT2D eigenvalue weighted by Gasteiger charge is 2.18. The van der Waals surface area contributed by atoms with Crippen LogP contribution in [0.4, 0.5) is 10.5 Å². The van der Waals surface area contributed by atoms with Crippen LogP contribution in [0.15, 0.2) is 30.5 Å². The zero-order valence-electron chi connectivity index (χ0n) is 12.1. The van der Waals surface area contributed by atoms with Crippen molar-refractivity contribution < 1.29 is 14.3 Å². The fraction of sp³-hybridized carbons (Fsp3) is 0.333. The first kappa shape index (κ1) is 14.1. The van der Waals surface area contributed by atoms with E-state index in [0.717, 1.165) is 5.39 Å². The molecule has 1 aromatic carbocycles. The van der Waals surface area contributed by atoms with Gasteiger partial charge in [-0.1, -0.05) is 12.1 Å². The van der Waals surface area contributed by atoms with Gasteiger partial charge in [0.2, 0.25) is 5.91 Å². The molecular formula is C15H18N2O3. The lowest BCUT2D eigenvalue weighted by atomic mass is 10.2. The average molecular weight is 274 g/mol. The Morgan fingerprint density at radius 2 is 1.90 bits per heavy atom. The molecule has 5 heteroatoms. The van der Waals surface area contributed by atoms with E-state index < -0.39 is 11.7 Å². The average Bonchev–Trinajstić information content (AvgIpc) is 2.71. The van der Waals surface area contributed by atoms with E-state index in [4.69, 9.17) is 4.74 Å². The molecule has 1 aromatic heterocycles. The van der Waals surface area contributed by atoms with Gasteiger partial charge >= 0.3 is 6.09 Å². The van der Waals surface area contributed by atoms with Crippen LogP contribution < -0.4 is 5.32 Å². The molecule has 5 nitrogen and oxygen atoms in total. The van der Waals surface area contributed by atoms with Gasteiger partial charge in [0, 0.05) is 18.5 Å². The van der Waals surface area contributed by atoms with Gasteiger partial charge in [0.25, 0.3) is 0 Å². The lowest BCUT2D eigenvalue weighted by Gasteiger charge is -2.20. The number of hydrogen-bond acceptors (Lipinski definition) is 3. The van der Waals surface area contributed by atoms with Gasteiger partial charge in [-0.15, -0.1) is 0 Å². The number of carbonyl (C=O) groups is 2. The first-order valence-corrected chi connectivity index (χ1v) is 6.39. The van der Waals surface area contributed by atoms with Crippen molar-refractivity contribution in [3.8, 4) is 0 Å². The van der Waals surface area contributed by atoms with Crippen LogP contribution in [0.25, 0.3) is 10.9 Å². The maximum Gasteiger partial charge on any atom is 0.412 e. The molecule has 0 aliphatic heterocycles. The molecule has 1 heterocycles. The molecule has 2 rings (SSSR count). The van der Waals surface area contributed by atoms with Crippen LogP contribution in [0, 0.1) is 0 Å². The minimum absolute atomic E-state index is 0.113. The van der Waals surface area contributed by atoms with Gasteiger partial charge in [-0.25, -0.2) is 4.79 Å². The number of aromatic nitrogens is 1. The van der Waals surface area contributed by atoms with Gasteiger partial charge in [-0.3, -0.25) is 14.7 Å². The van der Waals surface area contributed by atoms with Gasteiger partial charge in [0.15, 0.2) is 0 Å². The van der Waals surface area contributed by atoms with Crippen LogP contribution in [0.1, 0.15) is 32.5 Å². The summed E-state index contributed by atoms with van der Waals surface area (Å²) >= 11 is 0. The Morgan fingerprint density at radius 1 is 1.20 bits per heavy atom.